The minimum Gasteiger partial charge on any atom is -0.377 e. The molecule has 2 N–H and O–H groups in total. The maximum atomic E-state index is 12.9. The van der Waals surface area contributed by atoms with Crippen molar-refractivity contribution in [1.82, 2.24) is 15.1 Å². The van der Waals surface area contributed by atoms with E-state index >= 15 is 0 Å². The first-order valence-corrected chi connectivity index (χ1v) is 13.2. The van der Waals surface area contributed by atoms with Crippen LogP contribution in [0.15, 0.2) is 72.8 Å². The van der Waals surface area contributed by atoms with Crippen molar-refractivity contribution in [1.29, 1.82) is 0 Å². The van der Waals surface area contributed by atoms with Gasteiger partial charge in [-0.2, -0.15) is 0 Å². The van der Waals surface area contributed by atoms with E-state index in [1.807, 2.05) is 0 Å². The number of amides is 1. The summed E-state index contributed by atoms with van der Waals surface area (Å²) < 4.78 is 0. The van der Waals surface area contributed by atoms with Crippen molar-refractivity contribution in [2.24, 2.45) is 0 Å². The Morgan fingerprint density at radius 1 is 0.778 bits per heavy atom. The molecule has 2 heterocycles. The number of carbonyl (C=O) groups is 1. The van der Waals surface area contributed by atoms with Gasteiger partial charge in [-0.25, -0.2) is 0 Å². The van der Waals surface area contributed by atoms with Gasteiger partial charge in [0, 0.05) is 37.3 Å². The van der Waals surface area contributed by atoms with Gasteiger partial charge in [-0.1, -0.05) is 73.2 Å². The third-order valence-corrected chi connectivity index (χ3v) is 7.69. The van der Waals surface area contributed by atoms with Gasteiger partial charge in [-0.3, -0.25) is 14.6 Å². The monoisotopic (exact) mass is 506 g/mol. The maximum Gasteiger partial charge on any atom is 0.234 e. The molecular weight excluding hydrogens is 468 g/mol. The van der Waals surface area contributed by atoms with Gasteiger partial charge in [-0.15, -0.1) is 12.4 Å². The number of piperidine rings is 2. The molecule has 2 aliphatic rings. The summed E-state index contributed by atoms with van der Waals surface area (Å²) in [4.78, 5) is 17.7. The highest BCUT2D eigenvalue weighted by Gasteiger charge is 2.35. The number of carbonyl (C=O) groups excluding carboxylic acids is 1. The van der Waals surface area contributed by atoms with Crippen LogP contribution < -0.4 is 10.6 Å². The summed E-state index contributed by atoms with van der Waals surface area (Å²) in [5.74, 6) is 0.151. The molecule has 0 unspecified atom stereocenters. The zero-order chi connectivity index (χ0) is 23.9. The molecule has 3 aromatic rings. The maximum absolute atomic E-state index is 12.9. The number of fused-ring (bicyclic) bond motifs is 1. The summed E-state index contributed by atoms with van der Waals surface area (Å²) in [6.45, 7) is 6.25. The first-order chi connectivity index (χ1) is 17.2. The zero-order valence-corrected chi connectivity index (χ0v) is 21.9. The molecule has 6 heteroatoms. The predicted octanol–water partition coefficient (Wildman–Crippen LogP) is 5.31. The molecule has 2 fully saturated rings. The van der Waals surface area contributed by atoms with E-state index in [9.17, 15) is 4.79 Å². The number of anilines is 1. The van der Waals surface area contributed by atoms with Crippen LogP contribution in [0, 0.1) is 0 Å². The zero-order valence-electron chi connectivity index (χ0n) is 21.1. The van der Waals surface area contributed by atoms with Gasteiger partial charge in [0.25, 0.3) is 0 Å². The minimum absolute atomic E-state index is 0. The molecule has 192 valence electrons. The summed E-state index contributed by atoms with van der Waals surface area (Å²) in [7, 11) is 0. The number of nitrogens with one attached hydrogen (secondary N) is 2. The molecule has 5 rings (SSSR count). The Kier molecular flexibility index (Phi) is 9.24. The second-order valence-corrected chi connectivity index (χ2v) is 10.3. The molecule has 5 nitrogen and oxygen atoms in total. The van der Waals surface area contributed by atoms with E-state index in [0.717, 1.165) is 51.3 Å². The van der Waals surface area contributed by atoms with Crippen molar-refractivity contribution in [2.75, 3.05) is 44.6 Å². The van der Waals surface area contributed by atoms with Gasteiger partial charge >= 0.3 is 0 Å². The Hall–Kier alpha value is -2.60. The van der Waals surface area contributed by atoms with Crippen LogP contribution in [0.1, 0.15) is 37.7 Å². The number of hydrogen-bond donors (Lipinski definition) is 2. The third-order valence-electron chi connectivity index (χ3n) is 7.69. The fourth-order valence-electron chi connectivity index (χ4n) is 5.59. The lowest BCUT2D eigenvalue weighted by Crippen LogP contribution is -2.56. The molecule has 3 aromatic carbocycles. The van der Waals surface area contributed by atoms with Crippen LogP contribution in [0.2, 0.25) is 0 Å². The number of hydrogen-bond acceptors (Lipinski definition) is 4. The summed E-state index contributed by atoms with van der Waals surface area (Å²) >= 11 is 0. The van der Waals surface area contributed by atoms with E-state index in [1.54, 1.807) is 0 Å². The van der Waals surface area contributed by atoms with E-state index in [1.165, 1.54) is 35.6 Å². The molecule has 0 saturated carbocycles. The lowest BCUT2D eigenvalue weighted by atomic mass is 9.86. The van der Waals surface area contributed by atoms with Gasteiger partial charge < -0.3 is 10.6 Å². The van der Waals surface area contributed by atoms with Gasteiger partial charge in [-0.05, 0) is 55.8 Å². The number of rotatable bonds is 8. The topological polar surface area (TPSA) is 47.6 Å². The highest BCUT2D eigenvalue weighted by molar-refractivity contribution is 5.94. The van der Waals surface area contributed by atoms with Crippen LogP contribution in [-0.4, -0.2) is 60.5 Å². The molecule has 0 spiro atoms. The molecule has 1 amide bonds. The number of nitrogens with zero attached hydrogens (tertiary/aromatic N) is 2. The Morgan fingerprint density at radius 2 is 1.47 bits per heavy atom. The SMILES string of the molecule is Cl.O=C(CN1CCCCC1)NCC1(Nc2cccc3ccccc23)CCN(Cc2ccccc2)CC1. The molecule has 36 heavy (non-hydrogen) atoms. The molecule has 2 saturated heterocycles. The standard InChI is InChI=1S/C30H38N4O.ClH/c35-29(23-33-18-7-2-8-19-33)31-24-30(32-28-15-9-13-26-12-5-6-14-27(26)28)16-20-34(21-17-30)22-25-10-3-1-4-11-25;/h1,3-6,9-15,32H,2,7-8,16-24H2,(H,31,35);1H. The highest BCUT2D eigenvalue weighted by Crippen LogP contribution is 2.31. The van der Waals surface area contributed by atoms with E-state index in [-0.39, 0.29) is 23.9 Å². The van der Waals surface area contributed by atoms with Gasteiger partial charge in [0.15, 0.2) is 0 Å². The summed E-state index contributed by atoms with van der Waals surface area (Å²) in [6, 6.07) is 25.7. The number of benzene rings is 3. The average molecular weight is 507 g/mol. The first-order valence-electron chi connectivity index (χ1n) is 13.2. The van der Waals surface area contributed by atoms with Crippen molar-refractivity contribution in [3.05, 3.63) is 78.4 Å². The van der Waals surface area contributed by atoms with Crippen molar-refractivity contribution < 1.29 is 4.79 Å². The molecule has 2 aliphatic heterocycles. The number of likely N-dealkylation sites (tertiary alicyclic amines) is 2. The Labute approximate surface area is 221 Å². The molecule has 0 aromatic heterocycles. The van der Waals surface area contributed by atoms with Crippen LogP contribution >= 0.6 is 12.4 Å². The summed E-state index contributed by atoms with van der Waals surface area (Å²) in [6.07, 6.45) is 5.68. The fraction of sp³-hybridized carbons (Fsp3) is 0.433. The van der Waals surface area contributed by atoms with Crippen LogP contribution in [0.4, 0.5) is 5.69 Å². The van der Waals surface area contributed by atoms with E-state index in [4.69, 9.17) is 0 Å². The van der Waals surface area contributed by atoms with Crippen LogP contribution in [-0.2, 0) is 11.3 Å². The van der Waals surface area contributed by atoms with Crippen molar-refractivity contribution in [3.63, 3.8) is 0 Å². The van der Waals surface area contributed by atoms with Gasteiger partial charge in [0.05, 0.1) is 12.1 Å². The first kappa shape index (κ1) is 26.5. The molecular formula is C30H39ClN4O. The Balaban J connectivity index is 0.00000304. The lowest BCUT2D eigenvalue weighted by Gasteiger charge is -2.43. The van der Waals surface area contributed by atoms with E-state index < -0.39 is 0 Å². The van der Waals surface area contributed by atoms with Crippen molar-refractivity contribution >= 4 is 34.8 Å². The van der Waals surface area contributed by atoms with Crippen molar-refractivity contribution in [2.45, 2.75) is 44.2 Å². The largest absolute Gasteiger partial charge is 0.377 e. The average Bonchev–Trinajstić information content (AvgIpc) is 2.90. The Bertz CT molecular complexity index is 1100. The fourth-order valence-corrected chi connectivity index (χ4v) is 5.59. The quantitative estimate of drug-likeness (QED) is 0.434. The molecule has 0 aliphatic carbocycles. The lowest BCUT2D eigenvalue weighted by molar-refractivity contribution is -0.122. The summed E-state index contributed by atoms with van der Waals surface area (Å²) in [5.41, 5.74) is 2.36. The summed E-state index contributed by atoms with van der Waals surface area (Å²) in [5, 5.41) is 9.71. The van der Waals surface area contributed by atoms with Crippen molar-refractivity contribution in [3.8, 4) is 0 Å². The van der Waals surface area contributed by atoms with E-state index in [0.29, 0.717) is 13.1 Å². The van der Waals surface area contributed by atoms with E-state index in [2.05, 4.69) is 93.2 Å². The Morgan fingerprint density at radius 3 is 2.25 bits per heavy atom. The molecule has 0 bridgehead atoms. The third kappa shape index (κ3) is 6.78. The second kappa shape index (κ2) is 12.6. The number of halogens is 1. The molecule has 0 radical (unpaired) electrons. The molecule has 0 atom stereocenters. The van der Waals surface area contributed by atoms with Crippen LogP contribution in [0.25, 0.3) is 10.8 Å². The van der Waals surface area contributed by atoms with Crippen LogP contribution in [0.3, 0.4) is 0 Å². The minimum atomic E-state index is -0.158. The normalized spacial score (nSPS) is 18.3. The van der Waals surface area contributed by atoms with Crippen LogP contribution in [0.5, 0.6) is 0 Å². The van der Waals surface area contributed by atoms with Gasteiger partial charge in [0.1, 0.15) is 0 Å². The van der Waals surface area contributed by atoms with Gasteiger partial charge in [0.2, 0.25) is 5.91 Å². The highest BCUT2D eigenvalue weighted by atomic mass is 35.5. The predicted molar refractivity (Wildman–Crippen MR) is 152 cm³/mol. The smallest absolute Gasteiger partial charge is 0.234 e. The second-order valence-electron chi connectivity index (χ2n) is 10.3.